The van der Waals surface area contributed by atoms with Crippen LogP contribution in [-0.4, -0.2) is 16.6 Å². The van der Waals surface area contributed by atoms with Crippen molar-refractivity contribution in [2.45, 2.75) is 5.88 Å². The molecule has 3 aromatic rings. The van der Waals surface area contributed by atoms with Gasteiger partial charge in [-0.15, -0.1) is 11.6 Å². The molecule has 0 spiro atoms. The molecule has 0 radical (unpaired) electrons. The van der Waals surface area contributed by atoms with Crippen LogP contribution in [0.15, 0.2) is 66.9 Å². The first-order chi connectivity index (χ1) is 11.2. The fourth-order valence-corrected chi connectivity index (χ4v) is 2.74. The van der Waals surface area contributed by atoms with E-state index >= 15 is 0 Å². The predicted molar refractivity (Wildman–Crippen MR) is 92.1 cm³/mol. The smallest absolute Gasteiger partial charge is 0.186 e. The van der Waals surface area contributed by atoms with Crippen molar-refractivity contribution in [3.05, 3.63) is 83.6 Å². The second-order valence-corrected chi connectivity index (χ2v) is 5.36. The number of benzene rings is 2. The molecule has 1 aliphatic rings. The Morgan fingerprint density at radius 2 is 1.48 bits per heavy atom. The molecular weight excluding hydrogens is 310 g/mol. The van der Waals surface area contributed by atoms with Gasteiger partial charge < -0.3 is 4.98 Å². The maximum absolute atomic E-state index is 11.2. The number of carbonyl (C=O) groups excluding carboxylic acids is 2. The second kappa shape index (κ2) is 6.63. The SMILES string of the molecule is ClCc1cccc2[nH]ccc12.O=C1C=CC(=O)c2ccccc21. The maximum Gasteiger partial charge on any atom is 0.186 e. The third kappa shape index (κ3) is 3.10. The summed E-state index contributed by atoms with van der Waals surface area (Å²) in [5, 5.41) is 1.22. The van der Waals surface area contributed by atoms with Crippen LogP contribution in [0.5, 0.6) is 0 Å². The number of allylic oxidation sites excluding steroid dienone is 2. The van der Waals surface area contributed by atoms with Crippen molar-refractivity contribution < 1.29 is 9.59 Å². The van der Waals surface area contributed by atoms with Crippen LogP contribution >= 0.6 is 11.6 Å². The van der Waals surface area contributed by atoms with Crippen molar-refractivity contribution in [1.29, 1.82) is 0 Å². The molecule has 0 saturated heterocycles. The Balaban J connectivity index is 0.000000136. The van der Waals surface area contributed by atoms with Gasteiger partial charge in [0.2, 0.25) is 0 Å². The monoisotopic (exact) mass is 323 g/mol. The highest BCUT2D eigenvalue weighted by atomic mass is 35.5. The highest BCUT2D eigenvalue weighted by molar-refractivity contribution is 6.22. The number of hydrogen-bond donors (Lipinski definition) is 1. The van der Waals surface area contributed by atoms with Crippen molar-refractivity contribution >= 4 is 34.1 Å². The summed E-state index contributed by atoms with van der Waals surface area (Å²) in [5.41, 5.74) is 3.35. The zero-order valence-electron chi connectivity index (χ0n) is 12.3. The van der Waals surface area contributed by atoms with Crippen LogP contribution in [0.4, 0.5) is 0 Å². The molecule has 23 heavy (non-hydrogen) atoms. The van der Waals surface area contributed by atoms with E-state index in [1.54, 1.807) is 24.3 Å². The summed E-state index contributed by atoms with van der Waals surface area (Å²) in [6.07, 6.45) is 4.55. The van der Waals surface area contributed by atoms with Crippen LogP contribution in [0.2, 0.25) is 0 Å². The summed E-state index contributed by atoms with van der Waals surface area (Å²) < 4.78 is 0. The number of fused-ring (bicyclic) bond motifs is 2. The Kier molecular flexibility index (Phi) is 4.40. The lowest BCUT2D eigenvalue weighted by molar-refractivity contribution is 0.0994. The van der Waals surface area contributed by atoms with Gasteiger partial charge in [0.05, 0.1) is 0 Å². The van der Waals surface area contributed by atoms with E-state index in [2.05, 4.69) is 4.98 Å². The summed E-state index contributed by atoms with van der Waals surface area (Å²) in [6, 6.07) is 15.0. The molecule has 2 aromatic carbocycles. The number of halogens is 1. The van der Waals surface area contributed by atoms with Gasteiger partial charge in [0, 0.05) is 34.1 Å². The lowest BCUT2D eigenvalue weighted by Gasteiger charge is -2.06. The number of rotatable bonds is 1. The number of nitrogens with one attached hydrogen (secondary N) is 1. The maximum atomic E-state index is 11.2. The zero-order valence-corrected chi connectivity index (χ0v) is 13.0. The van der Waals surface area contributed by atoms with E-state index in [0.717, 1.165) is 5.52 Å². The van der Waals surface area contributed by atoms with Crippen LogP contribution in [0.1, 0.15) is 26.3 Å². The zero-order chi connectivity index (χ0) is 16.2. The molecule has 4 rings (SSSR count). The number of hydrogen-bond acceptors (Lipinski definition) is 2. The lowest BCUT2D eigenvalue weighted by atomic mass is 9.95. The minimum absolute atomic E-state index is 0.0924. The van der Waals surface area contributed by atoms with Crippen molar-refractivity contribution in [1.82, 2.24) is 4.98 Å². The van der Waals surface area contributed by atoms with Crippen LogP contribution in [0, 0.1) is 0 Å². The van der Waals surface area contributed by atoms with Crippen molar-refractivity contribution in [3.63, 3.8) is 0 Å². The highest BCUT2D eigenvalue weighted by Gasteiger charge is 2.16. The molecule has 0 unspecified atom stereocenters. The molecule has 0 amide bonds. The van der Waals surface area contributed by atoms with E-state index in [1.165, 1.54) is 23.1 Å². The Labute approximate surface area is 138 Å². The number of ketones is 2. The summed E-state index contributed by atoms with van der Waals surface area (Å²) in [4.78, 5) is 25.5. The minimum Gasteiger partial charge on any atom is -0.361 e. The number of aromatic nitrogens is 1. The first-order valence-electron chi connectivity index (χ1n) is 7.17. The number of H-pyrrole nitrogens is 1. The standard InChI is InChI=1S/C10H6O2.C9H8ClN/c11-9-5-6-10(12)8-4-2-1-3-7(8)9;10-6-7-2-1-3-9-8(7)4-5-11-9/h1-6H;1-5,11H,6H2. The average Bonchev–Trinajstić information content (AvgIpc) is 3.08. The molecule has 0 saturated carbocycles. The topological polar surface area (TPSA) is 49.9 Å². The molecule has 114 valence electrons. The number of alkyl halides is 1. The lowest BCUT2D eigenvalue weighted by Crippen LogP contribution is -2.10. The summed E-state index contributed by atoms with van der Waals surface area (Å²) in [5.74, 6) is 0.394. The fourth-order valence-electron chi connectivity index (χ4n) is 2.51. The van der Waals surface area contributed by atoms with Crippen molar-refractivity contribution in [2.75, 3.05) is 0 Å². The molecule has 1 N–H and O–H groups in total. The van der Waals surface area contributed by atoms with Crippen molar-refractivity contribution in [2.24, 2.45) is 0 Å². The van der Waals surface area contributed by atoms with Gasteiger partial charge in [-0.05, 0) is 29.8 Å². The summed E-state index contributed by atoms with van der Waals surface area (Å²) in [6.45, 7) is 0. The quantitative estimate of drug-likeness (QED) is 0.669. The molecule has 0 bridgehead atoms. The molecule has 1 heterocycles. The van der Waals surface area contributed by atoms with Crippen LogP contribution in [-0.2, 0) is 5.88 Å². The molecule has 1 aromatic heterocycles. The first kappa shape index (κ1) is 15.3. The van der Waals surface area contributed by atoms with E-state index in [9.17, 15) is 9.59 Å². The largest absolute Gasteiger partial charge is 0.361 e. The molecule has 3 nitrogen and oxygen atoms in total. The molecule has 4 heteroatoms. The third-order valence-electron chi connectivity index (χ3n) is 3.67. The van der Waals surface area contributed by atoms with Crippen molar-refractivity contribution in [3.8, 4) is 0 Å². The molecule has 0 atom stereocenters. The second-order valence-electron chi connectivity index (χ2n) is 5.10. The normalized spacial score (nSPS) is 12.7. The van der Waals surface area contributed by atoms with Gasteiger partial charge in [-0.25, -0.2) is 0 Å². The van der Waals surface area contributed by atoms with Gasteiger partial charge in [0.1, 0.15) is 0 Å². The van der Waals surface area contributed by atoms with Gasteiger partial charge in [0.15, 0.2) is 11.6 Å². The van der Waals surface area contributed by atoms with Gasteiger partial charge in [0.25, 0.3) is 0 Å². The Morgan fingerprint density at radius 1 is 0.826 bits per heavy atom. The van der Waals surface area contributed by atoms with E-state index < -0.39 is 0 Å². The molecule has 0 fully saturated rings. The van der Waals surface area contributed by atoms with Gasteiger partial charge in [-0.2, -0.15) is 0 Å². The Morgan fingerprint density at radius 3 is 2.09 bits per heavy atom. The van der Waals surface area contributed by atoms with Gasteiger partial charge >= 0.3 is 0 Å². The predicted octanol–water partition coefficient (Wildman–Crippen LogP) is 4.53. The minimum atomic E-state index is -0.0924. The highest BCUT2D eigenvalue weighted by Crippen LogP contribution is 2.18. The fraction of sp³-hybridized carbons (Fsp3) is 0.0526. The van der Waals surface area contributed by atoms with E-state index in [4.69, 9.17) is 11.6 Å². The average molecular weight is 324 g/mol. The summed E-state index contributed by atoms with van der Waals surface area (Å²) >= 11 is 5.75. The van der Waals surface area contributed by atoms with Crippen LogP contribution < -0.4 is 0 Å². The molecule has 1 aliphatic carbocycles. The Bertz CT molecular complexity index is 871. The van der Waals surface area contributed by atoms with Gasteiger partial charge in [-0.1, -0.05) is 36.4 Å². The molecule has 0 aliphatic heterocycles. The van der Waals surface area contributed by atoms with E-state index in [0.29, 0.717) is 17.0 Å². The van der Waals surface area contributed by atoms with Gasteiger partial charge in [-0.3, -0.25) is 9.59 Å². The number of aromatic amines is 1. The number of carbonyl (C=O) groups is 2. The third-order valence-corrected chi connectivity index (χ3v) is 3.96. The summed E-state index contributed by atoms with van der Waals surface area (Å²) in [7, 11) is 0. The van der Waals surface area contributed by atoms with E-state index in [-0.39, 0.29) is 11.6 Å². The Hall–Kier alpha value is -2.65. The van der Waals surface area contributed by atoms with Crippen LogP contribution in [0.25, 0.3) is 10.9 Å². The first-order valence-corrected chi connectivity index (χ1v) is 7.71. The molecular formula is C19H14ClNO2. The van der Waals surface area contributed by atoms with E-state index in [1.807, 2.05) is 30.5 Å². The van der Waals surface area contributed by atoms with Crippen LogP contribution in [0.3, 0.4) is 0 Å².